The van der Waals surface area contributed by atoms with E-state index in [2.05, 4.69) is 75.4 Å². The summed E-state index contributed by atoms with van der Waals surface area (Å²) in [6.45, 7) is 7.41. The lowest BCUT2D eigenvalue weighted by molar-refractivity contribution is 0.228. The molecule has 0 amide bonds. The molecule has 0 unspecified atom stereocenters. The molecule has 124 valence electrons. The van der Waals surface area contributed by atoms with Crippen LogP contribution in [-0.2, 0) is 16.6 Å². The second kappa shape index (κ2) is 5.47. The van der Waals surface area contributed by atoms with E-state index in [1.54, 1.807) is 0 Å². The van der Waals surface area contributed by atoms with Crippen LogP contribution in [0.25, 0.3) is 0 Å². The van der Waals surface area contributed by atoms with E-state index >= 15 is 0 Å². The maximum Gasteiger partial charge on any atom is 0.199 e. The third-order valence-corrected chi connectivity index (χ3v) is 5.53. The van der Waals surface area contributed by atoms with Gasteiger partial charge in [0.2, 0.25) is 0 Å². The zero-order valence-electron chi connectivity index (χ0n) is 14.8. The molecule has 0 aromatic heterocycles. The fourth-order valence-corrected chi connectivity index (χ4v) is 4.03. The van der Waals surface area contributed by atoms with Crippen molar-refractivity contribution in [3.8, 4) is 0 Å². The van der Waals surface area contributed by atoms with E-state index in [4.69, 9.17) is 9.73 Å². The Hall–Kier alpha value is -2.09. The number of rotatable bonds is 2. The van der Waals surface area contributed by atoms with Crippen molar-refractivity contribution in [3.05, 3.63) is 71.3 Å². The lowest BCUT2D eigenvalue weighted by atomic mass is 9.75. The largest absolute Gasteiger partial charge is 0.478 e. The van der Waals surface area contributed by atoms with Gasteiger partial charge in [-0.2, -0.15) is 0 Å². The molecule has 2 atom stereocenters. The molecule has 1 aliphatic carbocycles. The van der Waals surface area contributed by atoms with Gasteiger partial charge in [0.25, 0.3) is 0 Å². The molecular weight excluding hydrogens is 294 g/mol. The molecule has 2 nitrogen and oxygen atoms in total. The van der Waals surface area contributed by atoms with Crippen molar-refractivity contribution in [2.45, 2.75) is 45.1 Å². The Bertz CT molecular complexity index is 772. The fourth-order valence-electron chi connectivity index (χ4n) is 4.03. The summed E-state index contributed by atoms with van der Waals surface area (Å²) < 4.78 is 6.24. The summed E-state index contributed by atoms with van der Waals surface area (Å²) in [6.07, 6.45) is 2.11. The van der Waals surface area contributed by atoms with Crippen molar-refractivity contribution >= 4 is 5.90 Å². The Kier molecular flexibility index (Phi) is 3.52. The van der Waals surface area contributed by atoms with Crippen LogP contribution in [-0.4, -0.2) is 18.5 Å². The average Bonchev–Trinajstić information content (AvgIpc) is 3.21. The average molecular weight is 319 g/mol. The van der Waals surface area contributed by atoms with E-state index in [-0.39, 0.29) is 16.9 Å². The van der Waals surface area contributed by atoms with Gasteiger partial charge in [-0.1, -0.05) is 75.4 Å². The van der Waals surface area contributed by atoms with E-state index in [1.807, 2.05) is 0 Å². The van der Waals surface area contributed by atoms with E-state index in [0.29, 0.717) is 6.61 Å². The van der Waals surface area contributed by atoms with Crippen LogP contribution in [0.5, 0.6) is 0 Å². The molecule has 0 radical (unpaired) electrons. The van der Waals surface area contributed by atoms with Gasteiger partial charge in [0.15, 0.2) is 5.90 Å². The minimum Gasteiger partial charge on any atom is -0.478 e. The summed E-state index contributed by atoms with van der Waals surface area (Å²) in [5, 5.41) is 0. The standard InChI is InChI=1S/C22H25NO/c1-21(2,3)19-15-24-20(23-19)22(17-10-5-4-6-11-17)14-13-16-9-7-8-12-18(16)22/h4-12,19H,13-15H2,1-3H3/t19-,22-/m0/s1. The van der Waals surface area contributed by atoms with E-state index in [0.717, 1.165) is 18.7 Å². The van der Waals surface area contributed by atoms with Crippen LogP contribution in [0, 0.1) is 5.41 Å². The maximum absolute atomic E-state index is 6.24. The summed E-state index contributed by atoms with van der Waals surface area (Å²) in [7, 11) is 0. The molecule has 2 aromatic carbocycles. The molecule has 4 rings (SSSR count). The SMILES string of the molecule is CC(C)(C)[C@@H]1COC([C@]2(c3ccccc3)CCc3ccccc32)=N1. The van der Waals surface area contributed by atoms with Crippen LogP contribution >= 0.6 is 0 Å². The van der Waals surface area contributed by atoms with Gasteiger partial charge in [0.05, 0.1) is 11.5 Å². The second-order valence-corrected chi connectivity index (χ2v) is 8.06. The molecule has 0 fully saturated rings. The summed E-state index contributed by atoms with van der Waals surface area (Å²) in [6, 6.07) is 19.8. The highest BCUT2D eigenvalue weighted by atomic mass is 16.5. The first kappa shape index (κ1) is 15.4. The normalized spacial score (nSPS) is 26.0. The maximum atomic E-state index is 6.24. The van der Waals surface area contributed by atoms with Crippen LogP contribution in [0.3, 0.4) is 0 Å². The third-order valence-electron chi connectivity index (χ3n) is 5.53. The number of aryl methyl sites for hydroxylation is 1. The molecule has 24 heavy (non-hydrogen) atoms. The topological polar surface area (TPSA) is 21.6 Å². The van der Waals surface area contributed by atoms with Gasteiger partial charge in [-0.05, 0) is 34.9 Å². The number of nitrogens with zero attached hydrogens (tertiary/aromatic N) is 1. The number of benzene rings is 2. The second-order valence-electron chi connectivity index (χ2n) is 8.06. The first-order valence-corrected chi connectivity index (χ1v) is 8.87. The molecule has 0 saturated carbocycles. The Morgan fingerprint density at radius 3 is 2.42 bits per heavy atom. The van der Waals surface area contributed by atoms with Crippen LogP contribution < -0.4 is 0 Å². The molecule has 1 heterocycles. The molecule has 2 aliphatic rings. The van der Waals surface area contributed by atoms with Crippen molar-refractivity contribution < 1.29 is 4.74 Å². The number of fused-ring (bicyclic) bond motifs is 1. The van der Waals surface area contributed by atoms with Gasteiger partial charge in [-0.3, -0.25) is 0 Å². The van der Waals surface area contributed by atoms with Crippen LogP contribution in [0.15, 0.2) is 59.6 Å². The van der Waals surface area contributed by atoms with Gasteiger partial charge in [-0.15, -0.1) is 0 Å². The van der Waals surface area contributed by atoms with Gasteiger partial charge in [0.1, 0.15) is 6.61 Å². The van der Waals surface area contributed by atoms with E-state index in [9.17, 15) is 0 Å². The van der Waals surface area contributed by atoms with Crippen LogP contribution in [0.2, 0.25) is 0 Å². The van der Waals surface area contributed by atoms with Gasteiger partial charge >= 0.3 is 0 Å². The first-order chi connectivity index (χ1) is 11.5. The van der Waals surface area contributed by atoms with E-state index in [1.165, 1.54) is 16.7 Å². The lowest BCUT2D eigenvalue weighted by Gasteiger charge is -2.30. The molecule has 2 heteroatoms. The van der Waals surface area contributed by atoms with Crippen molar-refractivity contribution in [2.75, 3.05) is 6.61 Å². The van der Waals surface area contributed by atoms with Crippen molar-refractivity contribution in [2.24, 2.45) is 10.4 Å². The van der Waals surface area contributed by atoms with Gasteiger partial charge in [-0.25, -0.2) is 4.99 Å². The highest BCUT2D eigenvalue weighted by Crippen LogP contribution is 2.47. The lowest BCUT2D eigenvalue weighted by Crippen LogP contribution is -2.35. The van der Waals surface area contributed by atoms with Crippen molar-refractivity contribution in [3.63, 3.8) is 0 Å². The highest BCUT2D eigenvalue weighted by molar-refractivity contribution is 5.94. The molecule has 2 aromatic rings. The smallest absolute Gasteiger partial charge is 0.199 e. The fraction of sp³-hybridized carbons (Fsp3) is 0.409. The molecule has 0 saturated heterocycles. The monoisotopic (exact) mass is 319 g/mol. The van der Waals surface area contributed by atoms with E-state index < -0.39 is 0 Å². The van der Waals surface area contributed by atoms with Gasteiger partial charge in [0, 0.05) is 0 Å². The molecule has 0 bridgehead atoms. The first-order valence-electron chi connectivity index (χ1n) is 8.87. The zero-order valence-corrected chi connectivity index (χ0v) is 14.8. The summed E-state index contributed by atoms with van der Waals surface area (Å²) in [5.74, 6) is 0.915. The van der Waals surface area contributed by atoms with Crippen molar-refractivity contribution in [1.82, 2.24) is 0 Å². The predicted molar refractivity (Wildman–Crippen MR) is 98.6 cm³/mol. The Labute approximate surface area is 144 Å². The minimum absolute atomic E-state index is 0.123. The Morgan fingerprint density at radius 1 is 1.00 bits per heavy atom. The number of hydrogen-bond acceptors (Lipinski definition) is 2. The predicted octanol–water partition coefficient (Wildman–Crippen LogP) is 4.76. The van der Waals surface area contributed by atoms with Crippen LogP contribution in [0.1, 0.15) is 43.9 Å². The molecule has 1 aliphatic heterocycles. The quantitative estimate of drug-likeness (QED) is 0.782. The summed E-state index contributed by atoms with van der Waals surface area (Å²) in [5.41, 5.74) is 3.98. The Morgan fingerprint density at radius 2 is 1.71 bits per heavy atom. The van der Waals surface area contributed by atoms with Gasteiger partial charge < -0.3 is 4.74 Å². The Balaban J connectivity index is 1.89. The minimum atomic E-state index is -0.224. The molecular formula is C22H25NO. The number of hydrogen-bond donors (Lipinski definition) is 0. The molecule has 0 N–H and O–H groups in total. The number of aliphatic imine (C=N–C) groups is 1. The summed E-state index contributed by atoms with van der Waals surface area (Å²) in [4.78, 5) is 5.08. The van der Waals surface area contributed by atoms with Crippen molar-refractivity contribution in [1.29, 1.82) is 0 Å². The summed E-state index contributed by atoms with van der Waals surface area (Å²) >= 11 is 0. The van der Waals surface area contributed by atoms with Crippen LogP contribution in [0.4, 0.5) is 0 Å². The third kappa shape index (κ3) is 2.28. The molecule has 0 spiro atoms. The highest BCUT2D eigenvalue weighted by Gasteiger charge is 2.48. The number of ether oxygens (including phenoxy) is 1. The zero-order chi connectivity index (χ0) is 16.8.